The number of alkyl halides is 3. The molecule has 38 heavy (non-hydrogen) atoms. The van der Waals surface area contributed by atoms with Gasteiger partial charge in [-0.1, -0.05) is 17.8 Å². The molecule has 0 fully saturated rings. The summed E-state index contributed by atoms with van der Waals surface area (Å²) in [4.78, 5) is 39.1. The number of aromatic nitrogens is 3. The van der Waals surface area contributed by atoms with E-state index in [9.17, 15) is 27.6 Å². The van der Waals surface area contributed by atoms with Gasteiger partial charge in [-0.25, -0.2) is 4.79 Å². The quantitative estimate of drug-likeness (QED) is 0.303. The number of hydrogen-bond acceptors (Lipinski definition) is 9. The molecular formula is C23H24F3N5O5S2. The number of ether oxygens (including phenoxy) is 2. The highest BCUT2D eigenvalue weighted by Crippen LogP contribution is 2.35. The molecule has 1 aromatic carbocycles. The van der Waals surface area contributed by atoms with Crippen LogP contribution in [-0.4, -0.2) is 64.4 Å². The number of thiophene rings is 1. The molecule has 0 aliphatic rings. The van der Waals surface area contributed by atoms with E-state index in [0.29, 0.717) is 21.4 Å². The summed E-state index contributed by atoms with van der Waals surface area (Å²) in [6.07, 6.45) is -4.49. The van der Waals surface area contributed by atoms with Gasteiger partial charge in [0.2, 0.25) is 5.91 Å². The first kappa shape index (κ1) is 29.0. The van der Waals surface area contributed by atoms with Crippen LogP contribution in [0.2, 0.25) is 0 Å². The maximum Gasteiger partial charge on any atom is 0.416 e. The molecular weight excluding hydrogens is 547 g/mol. The smallest absolute Gasteiger partial charge is 0.416 e. The number of hydrogen-bond donors (Lipinski definition) is 1. The minimum Gasteiger partial charge on any atom is -0.486 e. The number of carbonyl (C=O) groups is 3. The van der Waals surface area contributed by atoms with Crippen molar-refractivity contribution in [2.75, 3.05) is 32.3 Å². The highest BCUT2D eigenvalue weighted by Gasteiger charge is 2.31. The van der Waals surface area contributed by atoms with E-state index < -0.39 is 23.6 Å². The maximum atomic E-state index is 12.9. The Balaban J connectivity index is 1.65. The number of methoxy groups -OCH3 is 1. The Kier molecular flexibility index (Phi) is 9.04. The number of halogens is 3. The molecule has 0 saturated carbocycles. The van der Waals surface area contributed by atoms with Gasteiger partial charge in [0.15, 0.2) is 11.0 Å². The lowest BCUT2D eigenvalue weighted by Crippen LogP contribution is -2.21. The van der Waals surface area contributed by atoms with Crippen molar-refractivity contribution in [1.29, 1.82) is 0 Å². The monoisotopic (exact) mass is 571 g/mol. The summed E-state index contributed by atoms with van der Waals surface area (Å²) in [6.45, 7) is 1.46. The minimum absolute atomic E-state index is 0.0242. The van der Waals surface area contributed by atoms with Crippen LogP contribution in [0.1, 0.15) is 37.0 Å². The van der Waals surface area contributed by atoms with Gasteiger partial charge < -0.3 is 24.3 Å². The molecule has 0 aliphatic carbocycles. The molecule has 0 saturated heterocycles. The Bertz CT molecular complexity index is 1350. The number of nitrogens with zero attached hydrogens (tertiary/aromatic N) is 4. The standard InChI is InChI=1S/C23H24F3N5O5S2/c1-12-17(21(34)35-5)19(38-18(12)20(33)30(2)3)27-16(32)11-37-22-29-28-15(31(22)4)10-36-14-8-6-7-13(9-14)23(24,25)26/h6-9H,10-11H2,1-5H3,(H,27,32). The van der Waals surface area contributed by atoms with E-state index in [0.717, 1.165) is 35.2 Å². The fourth-order valence-electron chi connectivity index (χ4n) is 3.16. The first-order valence-electron chi connectivity index (χ1n) is 10.9. The third-order valence-electron chi connectivity index (χ3n) is 5.18. The van der Waals surface area contributed by atoms with Gasteiger partial charge in [0.05, 0.1) is 28.9 Å². The largest absolute Gasteiger partial charge is 0.486 e. The average molecular weight is 572 g/mol. The van der Waals surface area contributed by atoms with E-state index in [1.165, 1.54) is 24.1 Å². The van der Waals surface area contributed by atoms with Gasteiger partial charge in [-0.05, 0) is 30.7 Å². The molecule has 0 bridgehead atoms. The van der Waals surface area contributed by atoms with Crippen LogP contribution in [0.25, 0.3) is 0 Å². The van der Waals surface area contributed by atoms with Gasteiger partial charge in [0.1, 0.15) is 17.4 Å². The lowest BCUT2D eigenvalue weighted by atomic mass is 10.1. The highest BCUT2D eigenvalue weighted by atomic mass is 32.2. The second-order valence-corrected chi connectivity index (χ2v) is 10.0. The van der Waals surface area contributed by atoms with Gasteiger partial charge in [0, 0.05) is 21.1 Å². The third kappa shape index (κ3) is 6.64. The molecule has 1 N–H and O–H groups in total. The zero-order valence-electron chi connectivity index (χ0n) is 21.0. The fraction of sp³-hybridized carbons (Fsp3) is 0.348. The summed E-state index contributed by atoms with van der Waals surface area (Å²) in [5, 5.41) is 11.2. The summed E-state index contributed by atoms with van der Waals surface area (Å²) in [5.41, 5.74) is -0.319. The van der Waals surface area contributed by atoms with Crippen molar-refractivity contribution in [1.82, 2.24) is 19.7 Å². The zero-order valence-corrected chi connectivity index (χ0v) is 22.6. The fourth-order valence-corrected chi connectivity index (χ4v) is 5.12. The Morgan fingerprint density at radius 1 is 1.21 bits per heavy atom. The topological polar surface area (TPSA) is 116 Å². The molecule has 0 aliphatic heterocycles. The molecule has 10 nitrogen and oxygen atoms in total. The van der Waals surface area contributed by atoms with Crippen LogP contribution in [0, 0.1) is 6.92 Å². The van der Waals surface area contributed by atoms with Crippen LogP contribution in [0.4, 0.5) is 18.2 Å². The molecule has 204 valence electrons. The molecule has 2 aromatic heterocycles. The van der Waals surface area contributed by atoms with Crippen LogP contribution in [0.3, 0.4) is 0 Å². The van der Waals surface area contributed by atoms with E-state index in [-0.39, 0.29) is 34.6 Å². The number of anilines is 1. The van der Waals surface area contributed by atoms with Crippen LogP contribution in [-0.2, 0) is 29.4 Å². The molecule has 2 heterocycles. The van der Waals surface area contributed by atoms with Crippen molar-refractivity contribution in [3.05, 3.63) is 51.7 Å². The minimum atomic E-state index is -4.49. The molecule has 0 atom stereocenters. The predicted molar refractivity (Wildman–Crippen MR) is 135 cm³/mol. The van der Waals surface area contributed by atoms with Gasteiger partial charge >= 0.3 is 12.1 Å². The number of benzene rings is 1. The Labute approximate surface area is 224 Å². The van der Waals surface area contributed by atoms with Crippen molar-refractivity contribution in [3.8, 4) is 5.75 Å². The number of esters is 1. The number of amides is 2. The highest BCUT2D eigenvalue weighted by molar-refractivity contribution is 7.99. The SMILES string of the molecule is COC(=O)c1c(NC(=O)CSc2nnc(COc3cccc(C(F)(F)F)c3)n2C)sc(C(=O)N(C)C)c1C. The Hall–Kier alpha value is -3.59. The molecule has 0 unspecified atom stereocenters. The summed E-state index contributed by atoms with van der Waals surface area (Å²) < 4.78 is 50.5. The van der Waals surface area contributed by atoms with Crippen LogP contribution < -0.4 is 10.1 Å². The second kappa shape index (κ2) is 11.9. The van der Waals surface area contributed by atoms with Gasteiger partial charge in [-0.2, -0.15) is 13.2 Å². The second-order valence-electron chi connectivity index (χ2n) is 8.06. The van der Waals surface area contributed by atoms with Crippen molar-refractivity contribution >= 4 is 45.9 Å². The summed E-state index contributed by atoms with van der Waals surface area (Å²) in [7, 11) is 5.99. The van der Waals surface area contributed by atoms with Crippen molar-refractivity contribution < 1.29 is 37.0 Å². The molecule has 2 amide bonds. The van der Waals surface area contributed by atoms with E-state index in [1.54, 1.807) is 32.6 Å². The van der Waals surface area contributed by atoms with E-state index >= 15 is 0 Å². The lowest BCUT2D eigenvalue weighted by molar-refractivity contribution is -0.137. The van der Waals surface area contributed by atoms with Gasteiger partial charge in [-0.3, -0.25) is 9.59 Å². The van der Waals surface area contributed by atoms with Crippen LogP contribution >= 0.6 is 23.1 Å². The Morgan fingerprint density at radius 2 is 1.92 bits per heavy atom. The lowest BCUT2D eigenvalue weighted by Gasteiger charge is -2.10. The normalized spacial score (nSPS) is 11.3. The summed E-state index contributed by atoms with van der Waals surface area (Å²) >= 11 is 2.03. The van der Waals surface area contributed by atoms with E-state index in [2.05, 4.69) is 15.5 Å². The number of rotatable bonds is 9. The third-order valence-corrected chi connectivity index (χ3v) is 7.39. The average Bonchev–Trinajstić information content (AvgIpc) is 3.38. The van der Waals surface area contributed by atoms with Crippen LogP contribution in [0.5, 0.6) is 5.75 Å². The van der Waals surface area contributed by atoms with Gasteiger partial charge in [-0.15, -0.1) is 21.5 Å². The molecule has 0 spiro atoms. The maximum absolute atomic E-state index is 12.9. The summed E-state index contributed by atoms with van der Waals surface area (Å²) in [5.74, 6) is -1.20. The first-order valence-corrected chi connectivity index (χ1v) is 12.7. The number of carbonyl (C=O) groups excluding carboxylic acids is 3. The zero-order chi connectivity index (χ0) is 28.2. The van der Waals surface area contributed by atoms with E-state index in [1.807, 2.05) is 0 Å². The molecule has 3 rings (SSSR count). The Morgan fingerprint density at radius 3 is 2.55 bits per heavy atom. The molecule has 15 heteroatoms. The molecule has 0 radical (unpaired) electrons. The van der Waals surface area contributed by atoms with Crippen molar-refractivity contribution in [2.45, 2.75) is 24.9 Å². The van der Waals surface area contributed by atoms with Crippen LogP contribution in [0.15, 0.2) is 29.4 Å². The molecule has 3 aromatic rings. The van der Waals surface area contributed by atoms with Gasteiger partial charge in [0.25, 0.3) is 5.91 Å². The number of nitrogens with one attached hydrogen (secondary N) is 1. The van der Waals surface area contributed by atoms with Crippen molar-refractivity contribution in [2.24, 2.45) is 7.05 Å². The van der Waals surface area contributed by atoms with Crippen molar-refractivity contribution in [3.63, 3.8) is 0 Å². The van der Waals surface area contributed by atoms with E-state index in [4.69, 9.17) is 9.47 Å². The predicted octanol–water partition coefficient (Wildman–Crippen LogP) is 4.00. The number of thioether (sulfide) groups is 1. The first-order chi connectivity index (χ1) is 17.8. The summed E-state index contributed by atoms with van der Waals surface area (Å²) in [6, 6.07) is 4.48.